The van der Waals surface area contributed by atoms with Crippen LogP contribution >= 0.6 is 0 Å². The van der Waals surface area contributed by atoms with Crippen molar-refractivity contribution in [3.8, 4) is 5.95 Å². The van der Waals surface area contributed by atoms with Crippen molar-refractivity contribution < 1.29 is 9.90 Å². The van der Waals surface area contributed by atoms with Gasteiger partial charge in [-0.25, -0.2) is 14.6 Å². The van der Waals surface area contributed by atoms with Gasteiger partial charge in [-0.15, -0.1) is 0 Å². The number of aliphatic hydroxyl groups is 1. The van der Waals surface area contributed by atoms with Crippen LogP contribution in [0.3, 0.4) is 0 Å². The maximum atomic E-state index is 11.9. The first-order chi connectivity index (χ1) is 13.2. The Morgan fingerprint density at radius 1 is 1.15 bits per heavy atom. The van der Waals surface area contributed by atoms with E-state index in [4.69, 9.17) is 5.73 Å². The Kier molecular flexibility index (Phi) is 4.35. The molecule has 27 heavy (non-hydrogen) atoms. The summed E-state index contributed by atoms with van der Waals surface area (Å²) in [5, 5.41) is 16.3. The number of primary amides is 1. The summed E-state index contributed by atoms with van der Waals surface area (Å²) in [4.78, 5) is 20.6. The van der Waals surface area contributed by atoms with Gasteiger partial charge in [-0.3, -0.25) is 4.79 Å². The molecule has 0 aliphatic carbocycles. The van der Waals surface area contributed by atoms with E-state index >= 15 is 0 Å². The van der Waals surface area contributed by atoms with Gasteiger partial charge < -0.3 is 10.8 Å². The molecule has 0 aliphatic heterocycles. The Morgan fingerprint density at radius 3 is 2.67 bits per heavy atom. The van der Waals surface area contributed by atoms with Gasteiger partial charge in [0.2, 0.25) is 0 Å². The van der Waals surface area contributed by atoms with E-state index in [1.165, 1.54) is 10.9 Å². The molecule has 2 heterocycles. The van der Waals surface area contributed by atoms with Crippen molar-refractivity contribution in [2.45, 2.75) is 5.92 Å². The van der Waals surface area contributed by atoms with Crippen LogP contribution in [0.5, 0.6) is 0 Å². The molecule has 2 aromatic carbocycles. The highest BCUT2D eigenvalue weighted by atomic mass is 16.3. The number of carbonyl (C=O) groups excluding carboxylic acids is 1. The van der Waals surface area contributed by atoms with E-state index in [1.807, 2.05) is 42.5 Å². The molecule has 0 unspecified atom stereocenters. The predicted octanol–water partition coefficient (Wildman–Crippen LogP) is 2.04. The third-order valence-electron chi connectivity index (χ3n) is 4.47. The van der Waals surface area contributed by atoms with Crippen LogP contribution in [-0.2, 0) is 0 Å². The molecule has 0 saturated heterocycles. The Bertz CT molecular complexity index is 1110. The largest absolute Gasteiger partial charge is 0.395 e. The molecule has 2 aromatic heterocycles. The summed E-state index contributed by atoms with van der Waals surface area (Å²) in [7, 11) is 0. The highest BCUT2D eigenvalue weighted by molar-refractivity contribution is 5.94. The second-order valence-corrected chi connectivity index (χ2v) is 6.13. The van der Waals surface area contributed by atoms with Crippen LogP contribution in [0.25, 0.3) is 16.7 Å². The Morgan fingerprint density at radius 2 is 1.96 bits per heavy atom. The molecule has 4 rings (SSSR count). The third-order valence-corrected chi connectivity index (χ3v) is 4.47. The smallest absolute Gasteiger partial charge is 0.252 e. The molecule has 4 aromatic rings. The molecule has 0 radical (unpaired) electrons. The van der Waals surface area contributed by atoms with Crippen molar-refractivity contribution in [2.24, 2.45) is 5.73 Å². The normalized spacial score (nSPS) is 12.2. The van der Waals surface area contributed by atoms with Crippen LogP contribution in [0.4, 0.5) is 0 Å². The molecular formula is C20H17N5O2. The van der Waals surface area contributed by atoms with Crippen molar-refractivity contribution in [2.75, 3.05) is 6.61 Å². The number of nitrogens with two attached hydrogens (primary N) is 1. The van der Waals surface area contributed by atoms with Crippen LogP contribution < -0.4 is 5.73 Å². The number of amides is 1. The third kappa shape index (κ3) is 3.16. The minimum atomic E-state index is -0.642. The number of benzene rings is 2. The maximum absolute atomic E-state index is 11.9. The zero-order valence-corrected chi connectivity index (χ0v) is 14.4. The quantitative estimate of drug-likeness (QED) is 0.567. The summed E-state index contributed by atoms with van der Waals surface area (Å²) in [5.41, 5.74) is 6.91. The standard InChI is InChI=1S/C20H17N5O2/c21-19(27)16-11-22-20(25-9-3-8-23-25)24-18(16)17(12-26)15-7-6-13-4-1-2-5-14(13)10-15/h1-11,17,26H,12H2,(H2,21,27)/t17-/m0/s1. The second kappa shape index (κ2) is 6.97. The van der Waals surface area contributed by atoms with Crippen LogP contribution in [-0.4, -0.2) is 37.4 Å². The summed E-state index contributed by atoms with van der Waals surface area (Å²) >= 11 is 0. The lowest BCUT2D eigenvalue weighted by Gasteiger charge is -2.18. The van der Waals surface area contributed by atoms with E-state index in [-0.39, 0.29) is 12.2 Å². The summed E-state index contributed by atoms with van der Waals surface area (Å²) in [6.45, 7) is -0.228. The first-order valence-corrected chi connectivity index (χ1v) is 8.43. The highest BCUT2D eigenvalue weighted by Gasteiger charge is 2.23. The van der Waals surface area contributed by atoms with Gasteiger partial charge in [0.25, 0.3) is 11.9 Å². The van der Waals surface area contributed by atoms with Gasteiger partial charge in [0.1, 0.15) is 0 Å². The van der Waals surface area contributed by atoms with Crippen molar-refractivity contribution >= 4 is 16.7 Å². The lowest BCUT2D eigenvalue weighted by molar-refractivity contribution is 0.0998. The van der Waals surface area contributed by atoms with Crippen LogP contribution in [0.2, 0.25) is 0 Å². The minimum Gasteiger partial charge on any atom is -0.395 e. The molecule has 134 valence electrons. The van der Waals surface area contributed by atoms with E-state index in [9.17, 15) is 9.90 Å². The van der Waals surface area contributed by atoms with E-state index < -0.39 is 11.8 Å². The monoisotopic (exact) mass is 359 g/mol. The molecule has 0 spiro atoms. The Labute approximate surface area is 155 Å². The van der Waals surface area contributed by atoms with Gasteiger partial charge in [-0.05, 0) is 22.4 Å². The Hall–Kier alpha value is -3.58. The number of hydrogen-bond acceptors (Lipinski definition) is 5. The molecule has 7 heteroatoms. The number of carbonyl (C=O) groups is 1. The number of nitrogens with zero attached hydrogens (tertiary/aromatic N) is 4. The fourth-order valence-corrected chi connectivity index (χ4v) is 3.11. The van der Waals surface area contributed by atoms with E-state index in [1.54, 1.807) is 18.5 Å². The number of rotatable bonds is 5. The first-order valence-electron chi connectivity index (χ1n) is 8.43. The molecule has 0 aliphatic rings. The molecular weight excluding hydrogens is 342 g/mol. The van der Waals surface area contributed by atoms with Crippen molar-refractivity contribution in [1.29, 1.82) is 0 Å². The number of fused-ring (bicyclic) bond motifs is 1. The van der Waals surface area contributed by atoms with Crippen molar-refractivity contribution in [3.63, 3.8) is 0 Å². The number of aliphatic hydroxyl groups excluding tert-OH is 1. The van der Waals surface area contributed by atoms with Crippen LogP contribution in [0, 0.1) is 0 Å². The predicted molar refractivity (Wildman–Crippen MR) is 101 cm³/mol. The Balaban J connectivity index is 1.86. The summed E-state index contributed by atoms with van der Waals surface area (Å²) in [5.74, 6) is -0.857. The van der Waals surface area contributed by atoms with E-state index in [2.05, 4.69) is 15.1 Å². The van der Waals surface area contributed by atoms with Gasteiger partial charge in [0.15, 0.2) is 0 Å². The molecule has 3 N–H and O–H groups in total. The molecule has 0 fully saturated rings. The summed E-state index contributed by atoms with van der Waals surface area (Å²) in [6.07, 6.45) is 4.69. The van der Waals surface area contributed by atoms with E-state index in [0.717, 1.165) is 16.3 Å². The highest BCUT2D eigenvalue weighted by Crippen LogP contribution is 2.28. The van der Waals surface area contributed by atoms with Gasteiger partial charge in [0.05, 0.1) is 23.8 Å². The van der Waals surface area contributed by atoms with Crippen molar-refractivity contribution in [3.05, 3.63) is 83.9 Å². The van der Waals surface area contributed by atoms with Gasteiger partial charge in [-0.1, -0.05) is 42.5 Å². The fourth-order valence-electron chi connectivity index (χ4n) is 3.11. The lowest BCUT2D eigenvalue weighted by atomic mass is 9.91. The van der Waals surface area contributed by atoms with Crippen LogP contribution in [0.15, 0.2) is 67.1 Å². The summed E-state index contributed by atoms with van der Waals surface area (Å²) in [6, 6.07) is 15.6. The molecule has 1 amide bonds. The van der Waals surface area contributed by atoms with Gasteiger partial charge in [-0.2, -0.15) is 5.10 Å². The van der Waals surface area contributed by atoms with E-state index in [0.29, 0.717) is 11.6 Å². The van der Waals surface area contributed by atoms with Crippen molar-refractivity contribution in [1.82, 2.24) is 19.7 Å². The molecule has 1 atom stereocenters. The zero-order chi connectivity index (χ0) is 18.8. The average Bonchev–Trinajstić information content (AvgIpc) is 3.23. The molecule has 0 bridgehead atoms. The first kappa shape index (κ1) is 16.9. The zero-order valence-electron chi connectivity index (χ0n) is 14.4. The second-order valence-electron chi connectivity index (χ2n) is 6.13. The maximum Gasteiger partial charge on any atom is 0.252 e. The van der Waals surface area contributed by atoms with Gasteiger partial charge >= 0.3 is 0 Å². The topological polar surface area (TPSA) is 107 Å². The minimum absolute atomic E-state index is 0.179. The SMILES string of the molecule is NC(=O)c1cnc(-n2cccn2)nc1[C@@H](CO)c1ccc2ccccc2c1. The molecule has 0 saturated carbocycles. The van der Waals surface area contributed by atoms with Gasteiger partial charge in [0, 0.05) is 18.6 Å². The average molecular weight is 359 g/mol. The molecule has 7 nitrogen and oxygen atoms in total. The lowest BCUT2D eigenvalue weighted by Crippen LogP contribution is -2.21. The number of hydrogen-bond donors (Lipinski definition) is 2. The van der Waals surface area contributed by atoms with Crippen LogP contribution in [0.1, 0.15) is 27.5 Å². The number of aromatic nitrogens is 4. The fraction of sp³-hybridized carbons (Fsp3) is 0.100. The summed E-state index contributed by atoms with van der Waals surface area (Å²) < 4.78 is 1.49.